The number of hydrogen-bond acceptors (Lipinski definition) is 5. The lowest BCUT2D eigenvalue weighted by atomic mass is 10.1. The van der Waals surface area contributed by atoms with Crippen LogP contribution in [-0.2, 0) is 0 Å². The summed E-state index contributed by atoms with van der Waals surface area (Å²) in [6.07, 6.45) is 7.98. The SMILES string of the molecule is CNc1cc([C@@H]2CCCN2C(=O)c2ccnc(N3CCCC3)c2)ccn1. The Kier molecular flexibility index (Phi) is 4.73. The average molecular weight is 351 g/mol. The highest BCUT2D eigenvalue weighted by molar-refractivity contribution is 5.95. The van der Waals surface area contributed by atoms with Crippen LogP contribution in [0, 0.1) is 0 Å². The number of nitrogens with one attached hydrogen (secondary N) is 1. The van der Waals surface area contributed by atoms with Crippen LogP contribution in [0.1, 0.15) is 47.6 Å². The second-order valence-electron chi connectivity index (χ2n) is 6.98. The molecule has 6 nitrogen and oxygen atoms in total. The molecule has 0 bridgehead atoms. The Morgan fingerprint density at radius 3 is 2.69 bits per heavy atom. The van der Waals surface area contributed by atoms with Crippen molar-refractivity contribution >= 4 is 17.5 Å². The van der Waals surface area contributed by atoms with Crippen molar-refractivity contribution < 1.29 is 4.79 Å². The maximum absolute atomic E-state index is 13.2. The van der Waals surface area contributed by atoms with E-state index >= 15 is 0 Å². The molecule has 2 aromatic rings. The molecule has 2 aliphatic heterocycles. The van der Waals surface area contributed by atoms with Gasteiger partial charge in [0, 0.05) is 44.6 Å². The van der Waals surface area contributed by atoms with Crippen molar-refractivity contribution in [3.63, 3.8) is 0 Å². The van der Waals surface area contributed by atoms with E-state index in [0.29, 0.717) is 0 Å². The Hall–Kier alpha value is -2.63. The first kappa shape index (κ1) is 16.8. The van der Waals surface area contributed by atoms with E-state index in [2.05, 4.69) is 20.2 Å². The minimum absolute atomic E-state index is 0.0955. The molecule has 26 heavy (non-hydrogen) atoms. The Balaban J connectivity index is 1.57. The molecule has 2 fully saturated rings. The standard InChI is InChI=1S/C20H25N5O/c1-21-18-13-15(6-8-22-18)17-5-4-12-25(17)20(26)16-7-9-23-19(14-16)24-10-2-3-11-24/h6-9,13-14,17H,2-5,10-12H2,1H3,(H,21,22)/t17-/m0/s1. The van der Waals surface area contributed by atoms with E-state index in [1.54, 1.807) is 12.4 Å². The molecule has 2 aromatic heterocycles. The van der Waals surface area contributed by atoms with E-state index in [-0.39, 0.29) is 11.9 Å². The van der Waals surface area contributed by atoms with E-state index in [4.69, 9.17) is 0 Å². The van der Waals surface area contributed by atoms with Crippen molar-refractivity contribution in [3.05, 3.63) is 47.8 Å². The summed E-state index contributed by atoms with van der Waals surface area (Å²) in [5.41, 5.74) is 1.88. The zero-order chi connectivity index (χ0) is 17.9. The number of amides is 1. The van der Waals surface area contributed by atoms with Crippen molar-refractivity contribution in [3.8, 4) is 0 Å². The fourth-order valence-electron chi connectivity index (χ4n) is 3.98. The number of aromatic nitrogens is 2. The molecule has 0 spiro atoms. The summed E-state index contributed by atoms with van der Waals surface area (Å²) in [6.45, 7) is 2.85. The van der Waals surface area contributed by atoms with Crippen LogP contribution < -0.4 is 10.2 Å². The molecule has 0 radical (unpaired) electrons. The number of hydrogen-bond donors (Lipinski definition) is 1. The molecule has 0 unspecified atom stereocenters. The van der Waals surface area contributed by atoms with Gasteiger partial charge in [-0.05, 0) is 55.5 Å². The lowest BCUT2D eigenvalue weighted by Gasteiger charge is -2.26. The van der Waals surface area contributed by atoms with E-state index in [1.165, 1.54) is 12.8 Å². The van der Waals surface area contributed by atoms with Crippen LogP contribution in [0.25, 0.3) is 0 Å². The summed E-state index contributed by atoms with van der Waals surface area (Å²) < 4.78 is 0. The van der Waals surface area contributed by atoms with Crippen LogP contribution in [0.2, 0.25) is 0 Å². The van der Waals surface area contributed by atoms with E-state index in [0.717, 1.165) is 55.2 Å². The molecular formula is C20H25N5O. The maximum Gasteiger partial charge on any atom is 0.254 e. The smallest absolute Gasteiger partial charge is 0.254 e. The summed E-state index contributed by atoms with van der Waals surface area (Å²) in [5.74, 6) is 1.85. The van der Waals surface area contributed by atoms with Gasteiger partial charge in [-0.1, -0.05) is 0 Å². The van der Waals surface area contributed by atoms with Gasteiger partial charge < -0.3 is 15.1 Å². The van der Waals surface area contributed by atoms with E-state index in [9.17, 15) is 4.79 Å². The molecule has 0 aromatic carbocycles. The number of nitrogens with zero attached hydrogens (tertiary/aromatic N) is 4. The van der Waals surface area contributed by atoms with Crippen molar-refractivity contribution in [2.45, 2.75) is 31.7 Å². The maximum atomic E-state index is 13.2. The number of likely N-dealkylation sites (tertiary alicyclic amines) is 1. The highest BCUT2D eigenvalue weighted by Gasteiger charge is 2.31. The molecule has 136 valence electrons. The summed E-state index contributed by atoms with van der Waals surface area (Å²) >= 11 is 0. The third-order valence-corrected chi connectivity index (χ3v) is 5.36. The molecular weight excluding hydrogens is 326 g/mol. The summed E-state index contributed by atoms with van der Waals surface area (Å²) in [4.78, 5) is 26.2. The topological polar surface area (TPSA) is 61.4 Å². The quantitative estimate of drug-likeness (QED) is 0.917. The normalized spacial score (nSPS) is 19.8. The molecule has 4 heterocycles. The van der Waals surface area contributed by atoms with Gasteiger partial charge in [0.15, 0.2) is 0 Å². The first-order valence-corrected chi connectivity index (χ1v) is 9.42. The minimum atomic E-state index is 0.0955. The highest BCUT2D eigenvalue weighted by Crippen LogP contribution is 2.34. The summed E-state index contributed by atoms with van der Waals surface area (Å²) in [7, 11) is 1.86. The molecule has 2 aliphatic rings. The first-order valence-electron chi connectivity index (χ1n) is 9.42. The predicted octanol–water partition coefficient (Wildman–Crippen LogP) is 3.10. The second-order valence-corrected chi connectivity index (χ2v) is 6.98. The largest absolute Gasteiger partial charge is 0.373 e. The average Bonchev–Trinajstić information content (AvgIpc) is 3.39. The van der Waals surface area contributed by atoms with Gasteiger partial charge in [-0.25, -0.2) is 9.97 Å². The zero-order valence-corrected chi connectivity index (χ0v) is 15.2. The predicted molar refractivity (Wildman–Crippen MR) is 102 cm³/mol. The fraction of sp³-hybridized carbons (Fsp3) is 0.450. The number of carbonyl (C=O) groups is 1. The molecule has 6 heteroatoms. The summed E-state index contributed by atoms with van der Waals surface area (Å²) in [5, 5.41) is 3.08. The third kappa shape index (κ3) is 3.23. The number of pyridine rings is 2. The zero-order valence-electron chi connectivity index (χ0n) is 15.2. The van der Waals surface area contributed by atoms with Crippen LogP contribution >= 0.6 is 0 Å². The van der Waals surface area contributed by atoms with Gasteiger partial charge in [0.2, 0.25) is 0 Å². The van der Waals surface area contributed by atoms with Gasteiger partial charge in [-0.2, -0.15) is 0 Å². The van der Waals surface area contributed by atoms with Gasteiger partial charge in [0.25, 0.3) is 5.91 Å². The molecule has 1 amide bonds. The van der Waals surface area contributed by atoms with Crippen molar-refractivity contribution in [2.24, 2.45) is 0 Å². The molecule has 1 atom stereocenters. The van der Waals surface area contributed by atoms with Crippen LogP contribution in [0.15, 0.2) is 36.7 Å². The molecule has 0 saturated carbocycles. The van der Waals surface area contributed by atoms with Crippen LogP contribution in [-0.4, -0.2) is 47.5 Å². The summed E-state index contributed by atoms with van der Waals surface area (Å²) in [6, 6.07) is 7.95. The number of carbonyl (C=O) groups excluding carboxylic acids is 1. The molecule has 0 aliphatic carbocycles. The van der Waals surface area contributed by atoms with Crippen LogP contribution in [0.3, 0.4) is 0 Å². The Bertz CT molecular complexity index is 787. The van der Waals surface area contributed by atoms with Crippen molar-refractivity contribution in [2.75, 3.05) is 36.9 Å². The second kappa shape index (κ2) is 7.32. The number of anilines is 2. The fourth-order valence-corrected chi connectivity index (χ4v) is 3.98. The van der Waals surface area contributed by atoms with Gasteiger partial charge in [0.1, 0.15) is 11.6 Å². The van der Waals surface area contributed by atoms with Gasteiger partial charge in [-0.3, -0.25) is 4.79 Å². The minimum Gasteiger partial charge on any atom is -0.373 e. The molecule has 2 saturated heterocycles. The highest BCUT2D eigenvalue weighted by atomic mass is 16.2. The number of rotatable bonds is 4. The van der Waals surface area contributed by atoms with E-state index in [1.807, 2.05) is 36.2 Å². The first-order chi connectivity index (χ1) is 12.8. The molecule has 1 N–H and O–H groups in total. The van der Waals surface area contributed by atoms with Gasteiger partial charge in [0.05, 0.1) is 6.04 Å². The Labute approximate surface area is 154 Å². The van der Waals surface area contributed by atoms with Crippen LogP contribution in [0.5, 0.6) is 0 Å². The molecule has 4 rings (SSSR count). The Morgan fingerprint density at radius 1 is 1.08 bits per heavy atom. The van der Waals surface area contributed by atoms with E-state index < -0.39 is 0 Å². The lowest BCUT2D eigenvalue weighted by Crippen LogP contribution is -2.31. The van der Waals surface area contributed by atoms with Crippen molar-refractivity contribution in [1.82, 2.24) is 14.9 Å². The van der Waals surface area contributed by atoms with Crippen molar-refractivity contribution in [1.29, 1.82) is 0 Å². The van der Waals surface area contributed by atoms with Crippen LogP contribution in [0.4, 0.5) is 11.6 Å². The third-order valence-electron chi connectivity index (χ3n) is 5.36. The Morgan fingerprint density at radius 2 is 1.88 bits per heavy atom. The van der Waals surface area contributed by atoms with Gasteiger partial charge in [-0.15, -0.1) is 0 Å². The lowest BCUT2D eigenvalue weighted by molar-refractivity contribution is 0.0735. The monoisotopic (exact) mass is 351 g/mol. The van der Waals surface area contributed by atoms with Gasteiger partial charge >= 0.3 is 0 Å².